The summed E-state index contributed by atoms with van der Waals surface area (Å²) in [6, 6.07) is 16.0. The summed E-state index contributed by atoms with van der Waals surface area (Å²) in [6.45, 7) is 3.80. The number of hydrogen-bond acceptors (Lipinski definition) is 3. The Morgan fingerprint density at radius 1 is 1.19 bits per heavy atom. The van der Waals surface area contributed by atoms with E-state index in [1.807, 2.05) is 42.5 Å². The molecule has 3 nitrogen and oxygen atoms in total. The summed E-state index contributed by atoms with van der Waals surface area (Å²) >= 11 is 3.46. The van der Waals surface area contributed by atoms with E-state index < -0.39 is 0 Å². The number of anilines is 2. The van der Waals surface area contributed by atoms with Gasteiger partial charge in [0.2, 0.25) is 0 Å². The van der Waals surface area contributed by atoms with Gasteiger partial charge in [0.15, 0.2) is 0 Å². The molecule has 0 aliphatic carbocycles. The van der Waals surface area contributed by atoms with Crippen LogP contribution < -0.4 is 10.6 Å². The van der Waals surface area contributed by atoms with Gasteiger partial charge >= 0.3 is 0 Å². The molecule has 0 saturated carbocycles. The molecule has 0 amide bonds. The molecule has 0 aromatic heterocycles. The molecular formula is C17H18BrN3. The molecule has 0 radical (unpaired) electrons. The van der Waals surface area contributed by atoms with Crippen LogP contribution in [-0.2, 0) is 6.54 Å². The zero-order valence-corrected chi connectivity index (χ0v) is 13.6. The highest BCUT2D eigenvalue weighted by Gasteiger charge is 2.13. The van der Waals surface area contributed by atoms with Crippen LogP contribution in [0, 0.1) is 11.3 Å². The first-order valence-corrected chi connectivity index (χ1v) is 7.73. The maximum atomic E-state index is 9.40. The van der Waals surface area contributed by atoms with Gasteiger partial charge in [-0.3, -0.25) is 0 Å². The summed E-state index contributed by atoms with van der Waals surface area (Å²) in [5.41, 5.74) is 9.32. The first kappa shape index (κ1) is 15.4. The van der Waals surface area contributed by atoms with Gasteiger partial charge in [0.05, 0.1) is 11.3 Å². The van der Waals surface area contributed by atoms with Gasteiger partial charge in [-0.1, -0.05) is 25.1 Å². The van der Waals surface area contributed by atoms with Crippen molar-refractivity contribution >= 4 is 27.3 Å². The molecule has 0 atom stereocenters. The first-order chi connectivity index (χ1) is 10.2. The Hall–Kier alpha value is -1.99. The molecule has 0 saturated heterocycles. The third-order valence-electron chi connectivity index (χ3n) is 3.29. The molecule has 2 N–H and O–H groups in total. The van der Waals surface area contributed by atoms with E-state index in [0.29, 0.717) is 5.56 Å². The van der Waals surface area contributed by atoms with E-state index in [1.165, 1.54) is 5.56 Å². The van der Waals surface area contributed by atoms with E-state index >= 15 is 0 Å². The molecule has 2 aromatic carbocycles. The molecule has 0 fully saturated rings. The summed E-state index contributed by atoms with van der Waals surface area (Å²) < 4.78 is 0.834. The average Bonchev–Trinajstić information content (AvgIpc) is 2.49. The van der Waals surface area contributed by atoms with Crippen molar-refractivity contribution in [3.63, 3.8) is 0 Å². The van der Waals surface area contributed by atoms with Gasteiger partial charge in [-0.2, -0.15) is 5.26 Å². The molecule has 2 aromatic rings. The Kier molecular flexibility index (Phi) is 5.24. The highest BCUT2D eigenvalue weighted by atomic mass is 79.9. The summed E-state index contributed by atoms with van der Waals surface area (Å²) in [5.74, 6) is 0. The van der Waals surface area contributed by atoms with Crippen molar-refractivity contribution in [1.82, 2.24) is 0 Å². The van der Waals surface area contributed by atoms with Crippen molar-refractivity contribution in [2.24, 2.45) is 0 Å². The number of hydrogen-bond donors (Lipinski definition) is 1. The summed E-state index contributed by atoms with van der Waals surface area (Å²) in [4.78, 5) is 2.23. The molecule has 0 aliphatic heterocycles. The van der Waals surface area contributed by atoms with Crippen LogP contribution in [-0.4, -0.2) is 6.54 Å². The molecule has 0 aliphatic rings. The highest BCUT2D eigenvalue weighted by Crippen LogP contribution is 2.28. The zero-order valence-electron chi connectivity index (χ0n) is 12.0. The van der Waals surface area contributed by atoms with Crippen LogP contribution in [0.1, 0.15) is 24.5 Å². The second kappa shape index (κ2) is 7.14. The van der Waals surface area contributed by atoms with Crippen LogP contribution in [0.25, 0.3) is 0 Å². The third kappa shape index (κ3) is 3.77. The molecule has 4 heteroatoms. The largest absolute Gasteiger partial charge is 0.399 e. The fraction of sp³-hybridized carbons (Fsp3) is 0.235. The fourth-order valence-corrected chi connectivity index (χ4v) is 2.73. The minimum absolute atomic E-state index is 0.682. The predicted octanol–water partition coefficient (Wildman–Crippen LogP) is 4.32. The number of nitriles is 1. The van der Waals surface area contributed by atoms with E-state index in [0.717, 1.165) is 35.4 Å². The van der Waals surface area contributed by atoms with Crippen molar-refractivity contribution < 1.29 is 0 Å². The van der Waals surface area contributed by atoms with Crippen LogP contribution >= 0.6 is 15.9 Å². The van der Waals surface area contributed by atoms with Gasteiger partial charge in [-0.05, 0) is 52.2 Å². The Morgan fingerprint density at radius 3 is 2.52 bits per heavy atom. The van der Waals surface area contributed by atoms with Gasteiger partial charge in [0.1, 0.15) is 6.07 Å². The average molecular weight is 344 g/mol. The van der Waals surface area contributed by atoms with Crippen LogP contribution in [0.4, 0.5) is 11.4 Å². The Morgan fingerprint density at radius 2 is 1.90 bits per heavy atom. The van der Waals surface area contributed by atoms with Crippen molar-refractivity contribution in [2.75, 3.05) is 17.2 Å². The number of benzene rings is 2. The van der Waals surface area contributed by atoms with Crippen LogP contribution in [0.15, 0.2) is 46.9 Å². The highest BCUT2D eigenvalue weighted by molar-refractivity contribution is 9.10. The van der Waals surface area contributed by atoms with Crippen LogP contribution in [0.5, 0.6) is 0 Å². The SMILES string of the molecule is CCCN(Cc1ccc(N)cc1)c1cccc(Br)c1C#N. The van der Waals surface area contributed by atoms with E-state index in [2.05, 4.69) is 33.8 Å². The molecule has 21 heavy (non-hydrogen) atoms. The zero-order chi connectivity index (χ0) is 15.2. The number of nitrogens with zero attached hydrogens (tertiary/aromatic N) is 2. The Labute approximate surface area is 134 Å². The predicted molar refractivity (Wildman–Crippen MR) is 91.1 cm³/mol. The molecule has 108 valence electrons. The fourth-order valence-electron chi connectivity index (χ4n) is 2.28. The minimum atomic E-state index is 0.682. The Bertz CT molecular complexity index is 644. The molecule has 0 unspecified atom stereocenters. The monoisotopic (exact) mass is 343 g/mol. The Balaban J connectivity index is 2.33. The normalized spacial score (nSPS) is 10.1. The lowest BCUT2D eigenvalue weighted by molar-refractivity contribution is 0.766. The van der Waals surface area contributed by atoms with Crippen molar-refractivity contribution in [3.8, 4) is 6.07 Å². The van der Waals surface area contributed by atoms with E-state index in [-0.39, 0.29) is 0 Å². The van der Waals surface area contributed by atoms with Crippen molar-refractivity contribution in [2.45, 2.75) is 19.9 Å². The molecular weight excluding hydrogens is 326 g/mol. The minimum Gasteiger partial charge on any atom is -0.399 e. The van der Waals surface area contributed by atoms with Crippen LogP contribution in [0.3, 0.4) is 0 Å². The summed E-state index contributed by atoms with van der Waals surface area (Å²) in [5, 5.41) is 9.40. The maximum absolute atomic E-state index is 9.40. The van der Waals surface area contributed by atoms with E-state index in [9.17, 15) is 5.26 Å². The lowest BCUT2D eigenvalue weighted by Gasteiger charge is -2.26. The standard InChI is InChI=1S/C17H18BrN3/c1-2-10-21(12-13-6-8-14(20)9-7-13)17-5-3-4-16(18)15(17)11-19/h3-9H,2,10,12,20H2,1H3. The van der Waals surface area contributed by atoms with Crippen molar-refractivity contribution in [1.29, 1.82) is 5.26 Å². The van der Waals surface area contributed by atoms with Crippen molar-refractivity contribution in [3.05, 3.63) is 58.1 Å². The molecule has 0 bridgehead atoms. The number of rotatable bonds is 5. The number of nitrogens with two attached hydrogens (primary N) is 1. The quantitative estimate of drug-likeness (QED) is 0.822. The lowest BCUT2D eigenvalue weighted by atomic mass is 10.1. The molecule has 0 spiro atoms. The van der Waals surface area contributed by atoms with Gasteiger partial charge in [-0.25, -0.2) is 0 Å². The van der Waals surface area contributed by atoms with Gasteiger partial charge in [-0.15, -0.1) is 0 Å². The van der Waals surface area contributed by atoms with E-state index in [4.69, 9.17) is 5.73 Å². The summed E-state index contributed by atoms with van der Waals surface area (Å²) in [6.07, 6.45) is 1.02. The smallest absolute Gasteiger partial charge is 0.103 e. The van der Waals surface area contributed by atoms with E-state index in [1.54, 1.807) is 0 Å². The lowest BCUT2D eigenvalue weighted by Crippen LogP contribution is -2.24. The second-order valence-corrected chi connectivity index (χ2v) is 5.76. The first-order valence-electron chi connectivity index (χ1n) is 6.93. The van der Waals surface area contributed by atoms with Gasteiger partial charge in [0, 0.05) is 23.2 Å². The number of halogens is 1. The second-order valence-electron chi connectivity index (χ2n) is 4.91. The summed E-state index contributed by atoms with van der Waals surface area (Å²) in [7, 11) is 0. The molecule has 2 rings (SSSR count). The number of nitrogen functional groups attached to an aromatic ring is 1. The van der Waals surface area contributed by atoms with Gasteiger partial charge < -0.3 is 10.6 Å². The maximum Gasteiger partial charge on any atom is 0.103 e. The topological polar surface area (TPSA) is 53.0 Å². The third-order valence-corrected chi connectivity index (χ3v) is 3.95. The van der Waals surface area contributed by atoms with Gasteiger partial charge in [0.25, 0.3) is 0 Å². The molecule has 0 heterocycles. The van der Waals surface area contributed by atoms with Crippen LogP contribution in [0.2, 0.25) is 0 Å².